The molecule has 4 heteroatoms. The molecule has 2 heterocycles. The zero-order chi connectivity index (χ0) is 7.84. The second kappa shape index (κ2) is 1.95. The molecule has 0 aliphatic heterocycles. The third kappa shape index (κ3) is 0.832. The van der Waals surface area contributed by atoms with Crippen molar-refractivity contribution in [1.29, 1.82) is 0 Å². The molecule has 0 fully saturated rings. The van der Waals surface area contributed by atoms with E-state index in [4.69, 9.17) is 5.11 Å². The van der Waals surface area contributed by atoms with Crippen molar-refractivity contribution >= 4 is 11.2 Å². The van der Waals surface area contributed by atoms with E-state index in [9.17, 15) is 0 Å². The van der Waals surface area contributed by atoms with Gasteiger partial charge in [0.15, 0.2) is 5.65 Å². The number of hydrogen-bond donors (Lipinski definition) is 1. The summed E-state index contributed by atoms with van der Waals surface area (Å²) in [5.74, 6) is -0.0382. The molecule has 1 N–H and O–H groups in total. The molecule has 0 saturated heterocycles. The number of fused-ring (bicyclic) bond motifs is 1. The third-order valence-corrected chi connectivity index (χ3v) is 1.56. The molecular weight excluding hydrogens is 142 g/mol. The first-order valence-electron chi connectivity index (χ1n) is 3.24. The normalized spacial score (nSPS) is 10.6. The average Bonchev–Trinajstić information content (AvgIpc) is 2.32. The summed E-state index contributed by atoms with van der Waals surface area (Å²) >= 11 is 0. The standard InChI is InChI=1S/C7H7N3O/c1-10-3-2-5-7(10)8-4-6(11)9-5/h2-4H,1H3,(H,9,11). The predicted octanol–water partition coefficient (Wildman–Crippen LogP) is 0.674. The number of nitrogens with zero attached hydrogens (tertiary/aromatic N) is 3. The number of rotatable bonds is 0. The number of aromatic hydroxyl groups is 1. The highest BCUT2D eigenvalue weighted by Crippen LogP contribution is 2.11. The molecule has 2 aromatic heterocycles. The quantitative estimate of drug-likeness (QED) is 0.599. The van der Waals surface area contributed by atoms with Crippen molar-refractivity contribution in [2.75, 3.05) is 0 Å². The van der Waals surface area contributed by atoms with E-state index in [0.717, 1.165) is 5.65 Å². The van der Waals surface area contributed by atoms with Gasteiger partial charge in [0.25, 0.3) is 0 Å². The Labute approximate surface area is 63.1 Å². The SMILES string of the molecule is Cn1ccc2nc(O)cnc21. The van der Waals surface area contributed by atoms with Crippen LogP contribution in [0.2, 0.25) is 0 Å². The fraction of sp³-hybridized carbons (Fsp3) is 0.143. The van der Waals surface area contributed by atoms with Crippen LogP contribution in [0.1, 0.15) is 0 Å². The van der Waals surface area contributed by atoms with E-state index in [0.29, 0.717) is 5.52 Å². The molecule has 0 amide bonds. The maximum Gasteiger partial charge on any atom is 0.230 e. The highest BCUT2D eigenvalue weighted by Gasteiger charge is 1.99. The van der Waals surface area contributed by atoms with Gasteiger partial charge in [-0.25, -0.2) is 9.97 Å². The molecule has 0 unspecified atom stereocenters. The van der Waals surface area contributed by atoms with Crippen molar-refractivity contribution in [3.63, 3.8) is 0 Å². The zero-order valence-corrected chi connectivity index (χ0v) is 6.02. The van der Waals surface area contributed by atoms with Gasteiger partial charge in [-0.15, -0.1) is 0 Å². The van der Waals surface area contributed by atoms with Gasteiger partial charge < -0.3 is 9.67 Å². The summed E-state index contributed by atoms with van der Waals surface area (Å²) in [6.45, 7) is 0. The monoisotopic (exact) mass is 149 g/mol. The summed E-state index contributed by atoms with van der Waals surface area (Å²) in [5, 5.41) is 8.96. The summed E-state index contributed by atoms with van der Waals surface area (Å²) < 4.78 is 1.85. The van der Waals surface area contributed by atoms with Gasteiger partial charge in [-0.2, -0.15) is 0 Å². The van der Waals surface area contributed by atoms with Crippen molar-refractivity contribution in [3.05, 3.63) is 18.5 Å². The minimum absolute atomic E-state index is 0.0382. The fourth-order valence-corrected chi connectivity index (χ4v) is 1.02. The Morgan fingerprint density at radius 3 is 3.18 bits per heavy atom. The van der Waals surface area contributed by atoms with Crippen LogP contribution < -0.4 is 0 Å². The first-order chi connectivity index (χ1) is 5.27. The van der Waals surface area contributed by atoms with Crippen LogP contribution in [0, 0.1) is 0 Å². The highest BCUT2D eigenvalue weighted by atomic mass is 16.3. The molecule has 0 aliphatic rings. The van der Waals surface area contributed by atoms with Crippen LogP contribution in [0.5, 0.6) is 5.88 Å². The summed E-state index contributed by atoms with van der Waals surface area (Å²) in [7, 11) is 1.88. The topological polar surface area (TPSA) is 50.9 Å². The predicted molar refractivity (Wildman–Crippen MR) is 40.2 cm³/mol. The second-order valence-electron chi connectivity index (χ2n) is 2.36. The lowest BCUT2D eigenvalue weighted by molar-refractivity contribution is 0.453. The fourth-order valence-electron chi connectivity index (χ4n) is 1.02. The molecule has 0 saturated carbocycles. The molecule has 0 aromatic carbocycles. The molecule has 11 heavy (non-hydrogen) atoms. The zero-order valence-electron chi connectivity index (χ0n) is 6.02. The Hall–Kier alpha value is -1.58. The van der Waals surface area contributed by atoms with Crippen LogP contribution >= 0.6 is 0 Å². The van der Waals surface area contributed by atoms with Gasteiger partial charge in [0.1, 0.15) is 5.52 Å². The van der Waals surface area contributed by atoms with Gasteiger partial charge in [-0.1, -0.05) is 0 Å². The van der Waals surface area contributed by atoms with Gasteiger partial charge in [-0.05, 0) is 6.07 Å². The van der Waals surface area contributed by atoms with Crippen LogP contribution in [0.3, 0.4) is 0 Å². The van der Waals surface area contributed by atoms with Gasteiger partial charge in [0.2, 0.25) is 5.88 Å². The van der Waals surface area contributed by atoms with Gasteiger partial charge in [-0.3, -0.25) is 0 Å². The number of hydrogen-bond acceptors (Lipinski definition) is 3. The molecule has 2 aromatic rings. The molecular formula is C7H7N3O. The van der Waals surface area contributed by atoms with E-state index >= 15 is 0 Å². The Morgan fingerprint density at radius 2 is 2.36 bits per heavy atom. The van der Waals surface area contributed by atoms with Gasteiger partial charge in [0, 0.05) is 13.2 Å². The molecule has 0 spiro atoms. The minimum Gasteiger partial charge on any atom is -0.492 e. The Bertz CT molecular complexity index is 393. The van der Waals surface area contributed by atoms with Crippen molar-refractivity contribution in [3.8, 4) is 5.88 Å². The van der Waals surface area contributed by atoms with Crippen LogP contribution in [0.25, 0.3) is 11.2 Å². The summed E-state index contributed by atoms with van der Waals surface area (Å²) in [6.07, 6.45) is 3.19. The van der Waals surface area contributed by atoms with Gasteiger partial charge in [0.05, 0.1) is 6.20 Å². The van der Waals surface area contributed by atoms with E-state index in [-0.39, 0.29) is 5.88 Å². The smallest absolute Gasteiger partial charge is 0.230 e. The van der Waals surface area contributed by atoms with Crippen LogP contribution in [-0.4, -0.2) is 19.6 Å². The van der Waals surface area contributed by atoms with E-state index in [1.165, 1.54) is 6.20 Å². The lowest BCUT2D eigenvalue weighted by Gasteiger charge is -1.93. The Balaban J connectivity index is 2.86. The van der Waals surface area contributed by atoms with Crippen LogP contribution in [0.4, 0.5) is 0 Å². The molecule has 2 rings (SSSR count). The molecule has 56 valence electrons. The first-order valence-corrected chi connectivity index (χ1v) is 3.24. The van der Waals surface area contributed by atoms with E-state index < -0.39 is 0 Å². The van der Waals surface area contributed by atoms with E-state index in [2.05, 4.69) is 9.97 Å². The second-order valence-corrected chi connectivity index (χ2v) is 2.36. The largest absolute Gasteiger partial charge is 0.492 e. The van der Waals surface area contributed by atoms with Crippen molar-refractivity contribution in [1.82, 2.24) is 14.5 Å². The molecule has 0 radical (unpaired) electrons. The Kier molecular flexibility index (Phi) is 1.09. The highest BCUT2D eigenvalue weighted by molar-refractivity contribution is 5.71. The first kappa shape index (κ1) is 6.15. The van der Waals surface area contributed by atoms with Crippen molar-refractivity contribution in [2.24, 2.45) is 7.05 Å². The Morgan fingerprint density at radius 1 is 1.55 bits per heavy atom. The number of aryl methyl sites for hydroxylation is 1. The van der Waals surface area contributed by atoms with Gasteiger partial charge >= 0.3 is 0 Å². The maximum atomic E-state index is 8.96. The van der Waals surface area contributed by atoms with Crippen molar-refractivity contribution in [2.45, 2.75) is 0 Å². The third-order valence-electron chi connectivity index (χ3n) is 1.56. The summed E-state index contributed by atoms with van der Waals surface area (Å²) in [6, 6.07) is 1.81. The summed E-state index contributed by atoms with van der Waals surface area (Å²) in [5.41, 5.74) is 1.50. The molecule has 4 nitrogen and oxygen atoms in total. The van der Waals surface area contributed by atoms with Crippen molar-refractivity contribution < 1.29 is 5.11 Å². The number of aromatic nitrogens is 3. The van der Waals surface area contributed by atoms with Crippen LogP contribution in [0.15, 0.2) is 18.5 Å². The molecule has 0 aliphatic carbocycles. The maximum absolute atomic E-state index is 8.96. The minimum atomic E-state index is -0.0382. The average molecular weight is 149 g/mol. The van der Waals surface area contributed by atoms with Crippen LogP contribution in [-0.2, 0) is 7.05 Å². The molecule has 0 atom stereocenters. The van der Waals surface area contributed by atoms with E-state index in [1.54, 1.807) is 0 Å². The lowest BCUT2D eigenvalue weighted by Crippen LogP contribution is -1.87. The molecule has 0 bridgehead atoms. The lowest BCUT2D eigenvalue weighted by atomic mass is 10.5. The summed E-state index contributed by atoms with van der Waals surface area (Å²) in [4.78, 5) is 7.86. The van der Waals surface area contributed by atoms with E-state index in [1.807, 2.05) is 23.9 Å².